The highest BCUT2D eigenvalue weighted by atomic mass is 16.4. The number of aliphatic carboxylic acids is 1. The first-order chi connectivity index (χ1) is 8.78. The Labute approximate surface area is 114 Å². The van der Waals surface area contributed by atoms with Crippen molar-refractivity contribution in [3.8, 4) is 0 Å². The van der Waals surface area contributed by atoms with E-state index >= 15 is 0 Å². The lowest BCUT2D eigenvalue weighted by atomic mass is 9.88. The van der Waals surface area contributed by atoms with Gasteiger partial charge in [0.25, 0.3) is 0 Å². The van der Waals surface area contributed by atoms with Gasteiger partial charge >= 0.3 is 5.97 Å². The van der Waals surface area contributed by atoms with E-state index < -0.39 is 11.4 Å². The van der Waals surface area contributed by atoms with E-state index in [2.05, 4.69) is 29.1 Å². The van der Waals surface area contributed by atoms with E-state index in [1.165, 1.54) is 0 Å². The number of aromatic nitrogens is 2. The van der Waals surface area contributed by atoms with Crippen LogP contribution in [0.3, 0.4) is 0 Å². The Morgan fingerprint density at radius 3 is 2.58 bits per heavy atom. The second-order valence-corrected chi connectivity index (χ2v) is 5.49. The first kappa shape index (κ1) is 15.4. The third-order valence-corrected chi connectivity index (χ3v) is 3.40. The van der Waals surface area contributed by atoms with Gasteiger partial charge in [-0.2, -0.15) is 0 Å². The van der Waals surface area contributed by atoms with Gasteiger partial charge in [-0.1, -0.05) is 20.8 Å². The number of carbonyl (C=O) groups is 1. The average Bonchev–Trinajstić information content (AvgIpc) is 2.35. The summed E-state index contributed by atoms with van der Waals surface area (Å²) in [4.78, 5) is 19.9. The molecule has 5 nitrogen and oxygen atoms in total. The quantitative estimate of drug-likeness (QED) is 0.827. The number of rotatable bonds is 6. The Balaban J connectivity index is 2.86. The van der Waals surface area contributed by atoms with E-state index in [4.69, 9.17) is 0 Å². The van der Waals surface area contributed by atoms with Crippen molar-refractivity contribution >= 4 is 11.9 Å². The van der Waals surface area contributed by atoms with Crippen molar-refractivity contribution in [3.05, 3.63) is 17.5 Å². The summed E-state index contributed by atoms with van der Waals surface area (Å²) in [5, 5.41) is 12.3. The minimum absolute atomic E-state index is 0.319. The molecule has 0 saturated carbocycles. The highest BCUT2D eigenvalue weighted by Gasteiger charge is 2.31. The zero-order valence-corrected chi connectivity index (χ0v) is 12.3. The fourth-order valence-electron chi connectivity index (χ4n) is 1.59. The summed E-state index contributed by atoms with van der Waals surface area (Å²) in [5.74, 6) is 0.0168. The van der Waals surface area contributed by atoms with Crippen molar-refractivity contribution < 1.29 is 9.90 Å². The molecule has 0 fully saturated rings. The minimum atomic E-state index is -0.806. The molecule has 0 radical (unpaired) electrons. The molecule has 1 atom stereocenters. The molecule has 1 unspecified atom stereocenters. The first-order valence-electron chi connectivity index (χ1n) is 6.61. The topological polar surface area (TPSA) is 75.1 Å². The third kappa shape index (κ3) is 3.91. The van der Waals surface area contributed by atoms with Crippen LogP contribution in [0.15, 0.2) is 6.07 Å². The van der Waals surface area contributed by atoms with Crippen molar-refractivity contribution in [2.75, 3.05) is 11.9 Å². The maximum absolute atomic E-state index is 11.2. The Kier molecular flexibility index (Phi) is 4.86. The van der Waals surface area contributed by atoms with Crippen LogP contribution < -0.4 is 5.32 Å². The molecule has 0 amide bonds. The van der Waals surface area contributed by atoms with Gasteiger partial charge in [0, 0.05) is 17.9 Å². The number of anilines is 1. The van der Waals surface area contributed by atoms with Gasteiger partial charge in [-0.15, -0.1) is 0 Å². The van der Waals surface area contributed by atoms with Gasteiger partial charge in [-0.25, -0.2) is 9.97 Å². The number of carboxylic acid groups (broad SMARTS) is 1. The van der Waals surface area contributed by atoms with Gasteiger partial charge in [-0.3, -0.25) is 4.79 Å². The SMILES string of the molecule is CCC(C)(CNc1nc(C)cc(C(C)C)n1)C(=O)O. The number of aryl methyl sites for hydroxylation is 1. The molecule has 2 N–H and O–H groups in total. The van der Waals surface area contributed by atoms with Crippen molar-refractivity contribution in [2.24, 2.45) is 5.41 Å². The molecular weight excluding hydrogens is 242 g/mol. The molecule has 0 saturated heterocycles. The predicted octanol–water partition coefficient (Wildman–Crippen LogP) is 2.82. The summed E-state index contributed by atoms with van der Waals surface area (Å²) in [6, 6.07) is 1.95. The molecule has 19 heavy (non-hydrogen) atoms. The van der Waals surface area contributed by atoms with Crippen molar-refractivity contribution in [2.45, 2.75) is 47.0 Å². The van der Waals surface area contributed by atoms with Gasteiger partial charge in [0.15, 0.2) is 0 Å². The number of nitrogens with zero attached hydrogens (tertiary/aromatic N) is 2. The summed E-state index contributed by atoms with van der Waals surface area (Å²) in [6.07, 6.45) is 0.554. The fourth-order valence-corrected chi connectivity index (χ4v) is 1.59. The van der Waals surface area contributed by atoms with E-state index in [-0.39, 0.29) is 0 Å². The maximum atomic E-state index is 11.2. The normalized spacial score (nSPS) is 14.2. The van der Waals surface area contributed by atoms with Crippen molar-refractivity contribution in [1.82, 2.24) is 9.97 Å². The number of hydrogen-bond acceptors (Lipinski definition) is 4. The van der Waals surface area contributed by atoms with E-state index in [9.17, 15) is 9.90 Å². The molecule has 1 aromatic rings. The van der Waals surface area contributed by atoms with Crippen LogP contribution in [-0.2, 0) is 4.79 Å². The number of hydrogen-bond donors (Lipinski definition) is 2. The van der Waals surface area contributed by atoms with E-state index in [1.54, 1.807) is 6.92 Å². The predicted molar refractivity (Wildman–Crippen MR) is 75.4 cm³/mol. The number of nitrogens with one attached hydrogen (secondary N) is 1. The molecule has 0 bridgehead atoms. The first-order valence-corrected chi connectivity index (χ1v) is 6.61. The summed E-state index contributed by atoms with van der Waals surface area (Å²) in [5.41, 5.74) is 1.05. The standard InChI is InChI=1S/C14H23N3O2/c1-6-14(5,12(18)19)8-15-13-16-10(4)7-11(17-13)9(2)3/h7,9H,6,8H2,1-5H3,(H,18,19)(H,15,16,17). The van der Waals surface area contributed by atoms with E-state index in [1.807, 2.05) is 19.9 Å². The molecule has 0 aromatic carbocycles. The Bertz CT molecular complexity index is 460. The molecule has 1 aromatic heterocycles. The van der Waals surface area contributed by atoms with Crippen molar-refractivity contribution in [1.29, 1.82) is 0 Å². The molecule has 0 aliphatic rings. The largest absolute Gasteiger partial charge is 0.481 e. The van der Waals surface area contributed by atoms with Crippen LogP contribution in [0.5, 0.6) is 0 Å². The van der Waals surface area contributed by atoms with Crippen LogP contribution in [0.2, 0.25) is 0 Å². The van der Waals surface area contributed by atoms with E-state index in [0.717, 1.165) is 11.4 Å². The fraction of sp³-hybridized carbons (Fsp3) is 0.643. The van der Waals surface area contributed by atoms with Gasteiger partial charge < -0.3 is 10.4 Å². The van der Waals surface area contributed by atoms with Crippen LogP contribution in [0.25, 0.3) is 0 Å². The van der Waals surface area contributed by atoms with Crippen LogP contribution in [0, 0.1) is 12.3 Å². The zero-order valence-electron chi connectivity index (χ0n) is 12.3. The molecule has 1 heterocycles. The highest BCUT2D eigenvalue weighted by Crippen LogP contribution is 2.22. The van der Waals surface area contributed by atoms with Crippen LogP contribution >= 0.6 is 0 Å². The van der Waals surface area contributed by atoms with Gasteiger partial charge in [0.05, 0.1) is 5.41 Å². The van der Waals surface area contributed by atoms with Gasteiger partial charge in [0.1, 0.15) is 0 Å². The summed E-state index contributed by atoms with van der Waals surface area (Å²) >= 11 is 0. The van der Waals surface area contributed by atoms with Crippen LogP contribution in [-0.4, -0.2) is 27.6 Å². The smallest absolute Gasteiger partial charge is 0.311 e. The second kappa shape index (κ2) is 5.99. The van der Waals surface area contributed by atoms with E-state index in [0.29, 0.717) is 24.8 Å². The lowest BCUT2D eigenvalue weighted by Gasteiger charge is -2.23. The molecule has 5 heteroatoms. The van der Waals surface area contributed by atoms with Crippen LogP contribution in [0.1, 0.15) is 51.4 Å². The van der Waals surface area contributed by atoms with Gasteiger partial charge in [-0.05, 0) is 32.3 Å². The molecule has 0 aliphatic carbocycles. The monoisotopic (exact) mass is 265 g/mol. The molecule has 0 spiro atoms. The molecule has 106 valence electrons. The molecule has 1 rings (SSSR count). The highest BCUT2D eigenvalue weighted by molar-refractivity contribution is 5.74. The summed E-state index contributed by atoms with van der Waals surface area (Å²) < 4.78 is 0. The van der Waals surface area contributed by atoms with Gasteiger partial charge in [0.2, 0.25) is 5.95 Å². The Morgan fingerprint density at radius 2 is 2.11 bits per heavy atom. The van der Waals surface area contributed by atoms with Crippen LogP contribution in [0.4, 0.5) is 5.95 Å². The Morgan fingerprint density at radius 1 is 1.47 bits per heavy atom. The molecular formula is C14H23N3O2. The molecule has 0 aliphatic heterocycles. The maximum Gasteiger partial charge on any atom is 0.311 e. The summed E-state index contributed by atoms with van der Waals surface area (Å²) in [6.45, 7) is 9.96. The summed E-state index contributed by atoms with van der Waals surface area (Å²) in [7, 11) is 0. The lowest BCUT2D eigenvalue weighted by molar-refractivity contribution is -0.147. The second-order valence-electron chi connectivity index (χ2n) is 5.49. The van der Waals surface area contributed by atoms with Crippen molar-refractivity contribution in [3.63, 3.8) is 0 Å². The average molecular weight is 265 g/mol. The Hall–Kier alpha value is -1.65. The third-order valence-electron chi connectivity index (χ3n) is 3.40. The zero-order chi connectivity index (χ0) is 14.6. The minimum Gasteiger partial charge on any atom is -0.481 e. The lowest BCUT2D eigenvalue weighted by Crippen LogP contribution is -2.34. The number of carboxylic acids is 1.